The van der Waals surface area contributed by atoms with Crippen LogP contribution in [0.25, 0.3) is 5.76 Å². The molecule has 1 heterocycles. The van der Waals surface area contributed by atoms with Crippen LogP contribution in [0.2, 0.25) is 5.02 Å². The van der Waals surface area contributed by atoms with Gasteiger partial charge < -0.3 is 14.7 Å². The van der Waals surface area contributed by atoms with Gasteiger partial charge in [0.15, 0.2) is 0 Å². The zero-order valence-corrected chi connectivity index (χ0v) is 14.4. The molecule has 1 aliphatic rings. The van der Waals surface area contributed by atoms with Gasteiger partial charge in [0.05, 0.1) is 18.7 Å². The summed E-state index contributed by atoms with van der Waals surface area (Å²) in [5, 5.41) is 11.2. The van der Waals surface area contributed by atoms with Crippen molar-refractivity contribution in [3.63, 3.8) is 0 Å². The molecule has 0 aromatic heterocycles. The van der Waals surface area contributed by atoms with Gasteiger partial charge in [0, 0.05) is 17.6 Å². The van der Waals surface area contributed by atoms with E-state index < -0.39 is 17.7 Å². The molecular weight excluding hydrogens is 342 g/mol. The van der Waals surface area contributed by atoms with Gasteiger partial charge in [-0.15, -0.1) is 0 Å². The van der Waals surface area contributed by atoms with E-state index in [1.165, 1.54) is 19.1 Å². The molecule has 2 aromatic rings. The summed E-state index contributed by atoms with van der Waals surface area (Å²) in [5.41, 5.74) is 1.19. The summed E-state index contributed by atoms with van der Waals surface area (Å²) in [4.78, 5) is 26.0. The number of aliphatic hydroxyl groups is 1. The highest BCUT2D eigenvalue weighted by Gasteiger charge is 2.44. The van der Waals surface area contributed by atoms with Gasteiger partial charge in [-0.2, -0.15) is 0 Å². The Kier molecular flexibility index (Phi) is 4.51. The fraction of sp³-hybridized carbons (Fsp3) is 0.158. The summed E-state index contributed by atoms with van der Waals surface area (Å²) in [6, 6.07) is 12.8. The molecule has 1 saturated heterocycles. The molecule has 25 heavy (non-hydrogen) atoms. The van der Waals surface area contributed by atoms with Gasteiger partial charge in [0.25, 0.3) is 11.7 Å². The Bertz CT molecular complexity index is 856. The fourth-order valence-electron chi connectivity index (χ4n) is 2.89. The number of carbonyl (C=O) groups excluding carboxylic acids is 2. The van der Waals surface area contributed by atoms with E-state index in [9.17, 15) is 14.7 Å². The molecular formula is C19H16ClNO4. The van der Waals surface area contributed by atoms with Crippen LogP contribution in [0.3, 0.4) is 0 Å². The Morgan fingerprint density at radius 2 is 1.68 bits per heavy atom. The van der Waals surface area contributed by atoms with Crippen LogP contribution in [-0.2, 0) is 9.59 Å². The maximum absolute atomic E-state index is 12.4. The van der Waals surface area contributed by atoms with Crippen LogP contribution >= 0.6 is 11.6 Å². The molecule has 5 nitrogen and oxygen atoms in total. The number of methoxy groups -OCH3 is 1. The lowest BCUT2D eigenvalue weighted by molar-refractivity contribution is -0.139. The standard InChI is InChI=1S/C19H16ClNO4/c1-21-16(11-3-7-13(20)8-4-11)15(18(23)19(21)24)17(22)12-5-9-14(25-2)10-6-12/h3-10,16,22H,1-2H3/t16-/m0/s1. The zero-order chi connectivity index (χ0) is 18.1. The summed E-state index contributed by atoms with van der Waals surface area (Å²) in [5.74, 6) is -0.960. The van der Waals surface area contributed by atoms with Crippen molar-refractivity contribution >= 4 is 29.1 Å². The molecule has 0 radical (unpaired) electrons. The number of aliphatic hydroxyl groups excluding tert-OH is 1. The van der Waals surface area contributed by atoms with E-state index in [0.717, 1.165) is 0 Å². The van der Waals surface area contributed by atoms with Crippen molar-refractivity contribution in [2.75, 3.05) is 14.2 Å². The molecule has 3 rings (SSSR count). The molecule has 0 spiro atoms. The molecule has 2 aromatic carbocycles. The van der Waals surface area contributed by atoms with Crippen LogP contribution in [0.1, 0.15) is 17.2 Å². The Morgan fingerprint density at radius 1 is 1.08 bits per heavy atom. The van der Waals surface area contributed by atoms with Gasteiger partial charge >= 0.3 is 0 Å². The number of likely N-dealkylation sites (tertiary alicyclic amines) is 1. The smallest absolute Gasteiger partial charge is 0.295 e. The quantitative estimate of drug-likeness (QED) is 0.519. The largest absolute Gasteiger partial charge is 0.507 e. The summed E-state index contributed by atoms with van der Waals surface area (Å²) < 4.78 is 5.09. The highest BCUT2D eigenvalue weighted by molar-refractivity contribution is 6.46. The Hall–Kier alpha value is -2.79. The second kappa shape index (κ2) is 6.61. The van der Waals surface area contributed by atoms with E-state index in [1.54, 1.807) is 48.5 Å². The molecule has 1 N–H and O–H groups in total. The van der Waals surface area contributed by atoms with Crippen molar-refractivity contribution in [3.05, 3.63) is 70.3 Å². The van der Waals surface area contributed by atoms with Crippen LogP contribution in [0, 0.1) is 0 Å². The van der Waals surface area contributed by atoms with E-state index in [2.05, 4.69) is 0 Å². The first kappa shape index (κ1) is 17.0. The molecule has 0 unspecified atom stereocenters. The summed E-state index contributed by atoms with van der Waals surface area (Å²) in [7, 11) is 3.08. The molecule has 0 bridgehead atoms. The number of ether oxygens (including phenoxy) is 1. The fourth-order valence-corrected chi connectivity index (χ4v) is 3.01. The van der Waals surface area contributed by atoms with Crippen molar-refractivity contribution in [2.45, 2.75) is 6.04 Å². The van der Waals surface area contributed by atoms with Crippen LogP contribution in [0.15, 0.2) is 54.1 Å². The molecule has 0 aliphatic carbocycles. The minimum atomic E-state index is -0.712. The number of amides is 1. The maximum atomic E-state index is 12.4. The van der Waals surface area contributed by atoms with Gasteiger partial charge in [-0.3, -0.25) is 9.59 Å². The van der Waals surface area contributed by atoms with Crippen LogP contribution in [-0.4, -0.2) is 35.9 Å². The minimum Gasteiger partial charge on any atom is -0.507 e. The van der Waals surface area contributed by atoms with Crippen molar-refractivity contribution in [3.8, 4) is 5.75 Å². The zero-order valence-electron chi connectivity index (χ0n) is 13.7. The molecule has 1 aliphatic heterocycles. The number of hydrogen-bond donors (Lipinski definition) is 1. The third kappa shape index (κ3) is 2.98. The third-order valence-electron chi connectivity index (χ3n) is 4.22. The lowest BCUT2D eigenvalue weighted by Gasteiger charge is -2.21. The van der Waals surface area contributed by atoms with Crippen LogP contribution in [0.5, 0.6) is 5.75 Å². The Morgan fingerprint density at radius 3 is 2.24 bits per heavy atom. The number of benzene rings is 2. The number of rotatable bonds is 3. The first-order chi connectivity index (χ1) is 11.9. The van der Waals surface area contributed by atoms with Gasteiger partial charge in [-0.1, -0.05) is 23.7 Å². The van der Waals surface area contributed by atoms with E-state index in [1.807, 2.05) is 0 Å². The van der Waals surface area contributed by atoms with Crippen molar-refractivity contribution < 1.29 is 19.4 Å². The van der Waals surface area contributed by atoms with E-state index in [4.69, 9.17) is 16.3 Å². The third-order valence-corrected chi connectivity index (χ3v) is 4.48. The molecule has 1 amide bonds. The highest BCUT2D eigenvalue weighted by Crippen LogP contribution is 2.38. The van der Waals surface area contributed by atoms with E-state index in [0.29, 0.717) is 21.9 Å². The van der Waals surface area contributed by atoms with Crippen LogP contribution < -0.4 is 4.74 Å². The van der Waals surface area contributed by atoms with Gasteiger partial charge in [0.1, 0.15) is 11.5 Å². The second-order valence-corrected chi connectivity index (χ2v) is 6.13. The van der Waals surface area contributed by atoms with Crippen LogP contribution in [0.4, 0.5) is 0 Å². The molecule has 0 saturated carbocycles. The van der Waals surface area contributed by atoms with E-state index >= 15 is 0 Å². The topological polar surface area (TPSA) is 66.8 Å². The van der Waals surface area contributed by atoms with Gasteiger partial charge in [0.2, 0.25) is 0 Å². The maximum Gasteiger partial charge on any atom is 0.295 e. The molecule has 1 atom stereocenters. The van der Waals surface area contributed by atoms with Crippen molar-refractivity contribution in [1.82, 2.24) is 4.90 Å². The molecule has 6 heteroatoms. The van der Waals surface area contributed by atoms with Gasteiger partial charge in [-0.25, -0.2) is 0 Å². The Labute approximate surface area is 150 Å². The number of ketones is 1. The van der Waals surface area contributed by atoms with Crippen molar-refractivity contribution in [2.24, 2.45) is 0 Å². The number of hydrogen-bond acceptors (Lipinski definition) is 4. The lowest BCUT2D eigenvalue weighted by atomic mass is 9.95. The highest BCUT2D eigenvalue weighted by atomic mass is 35.5. The number of Topliss-reactive ketones (excluding diaryl/α,β-unsaturated/α-hetero) is 1. The number of carbonyl (C=O) groups is 2. The lowest BCUT2D eigenvalue weighted by Crippen LogP contribution is -2.24. The summed E-state index contributed by atoms with van der Waals surface area (Å²) in [6.07, 6.45) is 0. The predicted octanol–water partition coefficient (Wildman–Crippen LogP) is 3.40. The minimum absolute atomic E-state index is 0.0555. The first-order valence-electron chi connectivity index (χ1n) is 7.58. The Balaban J connectivity index is 2.12. The molecule has 1 fully saturated rings. The summed E-state index contributed by atoms with van der Waals surface area (Å²) in [6.45, 7) is 0. The SMILES string of the molecule is COc1ccc(C(O)=C2C(=O)C(=O)N(C)[C@H]2c2ccc(Cl)cc2)cc1. The summed E-state index contributed by atoms with van der Waals surface area (Å²) >= 11 is 5.91. The van der Waals surface area contributed by atoms with Gasteiger partial charge in [-0.05, 0) is 42.0 Å². The van der Waals surface area contributed by atoms with Crippen molar-refractivity contribution in [1.29, 1.82) is 0 Å². The normalized spacial score (nSPS) is 19.3. The second-order valence-electron chi connectivity index (χ2n) is 5.69. The average molecular weight is 358 g/mol. The number of halogens is 1. The number of nitrogens with zero attached hydrogens (tertiary/aromatic N) is 1. The average Bonchev–Trinajstić information content (AvgIpc) is 2.86. The van der Waals surface area contributed by atoms with E-state index in [-0.39, 0.29) is 11.3 Å². The number of likely N-dealkylation sites (N-methyl/N-ethyl adjacent to an activating group) is 1. The monoisotopic (exact) mass is 357 g/mol. The predicted molar refractivity (Wildman–Crippen MR) is 94.5 cm³/mol. The molecule has 128 valence electrons. The first-order valence-corrected chi connectivity index (χ1v) is 7.96.